The molecule has 10 atom stereocenters. The minimum atomic E-state index is -0.972. The Hall–Kier alpha value is -7.58. The fourth-order valence-corrected chi connectivity index (χ4v) is 11.5. The summed E-state index contributed by atoms with van der Waals surface area (Å²) in [6, 6.07) is 15.8. The van der Waals surface area contributed by atoms with E-state index in [0.717, 1.165) is 49.7 Å². The standard InChI is InChI=1S/C62H82N12O8/c1-35(63-9)53(75)71-51(61(3,4)5)59(81)73-33-41(29-49(73)57(79)69-45-23-15-19-37-17-11-13-21-43(37)45)67-55(77)39-25-27-47(65-31-39)48-28-26-40(32-66-48)56(78)68-42-30-50(58(80)70-46-24-16-20-38-18-12-14-22-44(38)46)74(34-42)60(82)52(62(6,7)8)72-54(76)36(2)64-10/h11-14,17-18,21-22,25-28,31-32,35-36,41-42,45-46,49-52,63-64H,15-16,19-20,23-24,29-30,33-34H2,1-10H3,(H,67,77)(H,68,78)(H,69,79)(H,70,80)(H,71,75)(H,72,76)/t35-,36-,41-,42-,45+,46+,49-,50?,51+,52?/m0/s1. The van der Waals surface area contributed by atoms with E-state index < -0.39 is 82.8 Å². The van der Waals surface area contributed by atoms with Crippen molar-refractivity contribution in [1.82, 2.24) is 62.3 Å². The first-order valence-electron chi connectivity index (χ1n) is 28.8. The Balaban J connectivity index is 0.937. The highest BCUT2D eigenvalue weighted by molar-refractivity contribution is 5.98. The van der Waals surface area contributed by atoms with E-state index in [4.69, 9.17) is 0 Å². The molecule has 0 bridgehead atoms. The van der Waals surface area contributed by atoms with Crippen molar-refractivity contribution < 1.29 is 38.4 Å². The molecule has 2 saturated heterocycles. The van der Waals surface area contributed by atoms with Crippen molar-refractivity contribution in [3.8, 4) is 11.4 Å². The minimum Gasteiger partial charge on any atom is -0.347 e. The Labute approximate surface area is 481 Å². The van der Waals surface area contributed by atoms with Crippen LogP contribution in [-0.4, -0.2) is 143 Å². The van der Waals surface area contributed by atoms with Crippen LogP contribution in [0.4, 0.5) is 0 Å². The molecule has 20 nitrogen and oxygen atoms in total. The van der Waals surface area contributed by atoms with Crippen LogP contribution >= 0.6 is 0 Å². The molecule has 4 heterocycles. The van der Waals surface area contributed by atoms with Crippen LogP contribution in [0.2, 0.25) is 0 Å². The van der Waals surface area contributed by atoms with Crippen LogP contribution in [0.15, 0.2) is 85.2 Å². The van der Waals surface area contributed by atoms with Gasteiger partial charge in [-0.3, -0.25) is 48.3 Å². The molecule has 2 aromatic heterocycles. The van der Waals surface area contributed by atoms with E-state index >= 15 is 0 Å². The summed E-state index contributed by atoms with van der Waals surface area (Å²) in [6.07, 6.45) is 8.21. The van der Waals surface area contributed by atoms with Gasteiger partial charge in [0.15, 0.2) is 0 Å². The van der Waals surface area contributed by atoms with Gasteiger partial charge in [-0.15, -0.1) is 0 Å². The number of hydrogen-bond donors (Lipinski definition) is 8. The lowest BCUT2D eigenvalue weighted by Gasteiger charge is -2.36. The molecule has 2 aromatic carbocycles. The highest BCUT2D eigenvalue weighted by atomic mass is 16.2. The van der Waals surface area contributed by atoms with Crippen molar-refractivity contribution in [2.24, 2.45) is 10.8 Å². The van der Waals surface area contributed by atoms with Crippen molar-refractivity contribution in [2.45, 2.75) is 167 Å². The number of rotatable bonds is 17. The van der Waals surface area contributed by atoms with E-state index in [9.17, 15) is 38.4 Å². The second-order valence-electron chi connectivity index (χ2n) is 24.6. The third-order valence-electron chi connectivity index (χ3n) is 16.6. The topological polar surface area (TPSA) is 265 Å². The largest absolute Gasteiger partial charge is 0.347 e. The molecule has 8 amide bonds. The molecule has 4 aromatic rings. The summed E-state index contributed by atoms with van der Waals surface area (Å²) >= 11 is 0. The Morgan fingerprint density at radius 3 is 1.24 bits per heavy atom. The Morgan fingerprint density at radius 1 is 0.524 bits per heavy atom. The van der Waals surface area contributed by atoms with Crippen LogP contribution in [0, 0.1) is 10.8 Å². The molecular weight excluding hydrogens is 1040 g/mol. The van der Waals surface area contributed by atoms with Gasteiger partial charge in [0.2, 0.25) is 35.4 Å². The van der Waals surface area contributed by atoms with E-state index in [1.165, 1.54) is 33.3 Å². The number of aryl methyl sites for hydroxylation is 2. The molecule has 8 N–H and O–H groups in total. The lowest BCUT2D eigenvalue weighted by atomic mass is 9.85. The molecule has 2 aliphatic heterocycles. The number of carbonyl (C=O) groups excluding carboxylic acids is 8. The fraction of sp³-hybridized carbons (Fsp3) is 0.516. The summed E-state index contributed by atoms with van der Waals surface area (Å²) < 4.78 is 0. The number of hydrogen-bond acceptors (Lipinski definition) is 12. The maximum Gasteiger partial charge on any atom is 0.253 e. The second kappa shape index (κ2) is 25.7. The molecule has 438 valence electrons. The fourth-order valence-electron chi connectivity index (χ4n) is 11.5. The van der Waals surface area contributed by atoms with Gasteiger partial charge >= 0.3 is 0 Å². The molecule has 0 spiro atoms. The lowest BCUT2D eigenvalue weighted by Crippen LogP contribution is -2.59. The molecule has 0 radical (unpaired) electrons. The number of likely N-dealkylation sites (N-methyl/N-ethyl adjacent to an activating group) is 2. The van der Waals surface area contributed by atoms with E-state index in [1.807, 2.05) is 77.9 Å². The molecule has 20 heteroatoms. The first-order chi connectivity index (χ1) is 38.9. The number of pyridine rings is 2. The first kappa shape index (κ1) is 60.5. The third-order valence-corrected chi connectivity index (χ3v) is 16.6. The molecule has 2 unspecified atom stereocenters. The summed E-state index contributed by atoms with van der Waals surface area (Å²) in [5, 5.41) is 24.2. The zero-order chi connectivity index (χ0) is 59.2. The number of fused-ring (bicyclic) bond motifs is 2. The number of nitrogens with one attached hydrogen (secondary N) is 8. The predicted octanol–water partition coefficient (Wildman–Crippen LogP) is 4.21. The third kappa shape index (κ3) is 14.0. The van der Waals surface area contributed by atoms with E-state index in [2.05, 4.69) is 64.6 Å². The predicted molar refractivity (Wildman–Crippen MR) is 311 cm³/mol. The average molecular weight is 1120 g/mol. The van der Waals surface area contributed by atoms with E-state index in [0.29, 0.717) is 11.4 Å². The average Bonchev–Trinajstić information content (AvgIpc) is 4.28. The molecule has 8 rings (SSSR count). The summed E-state index contributed by atoms with van der Waals surface area (Å²) in [5.74, 6) is -3.16. The monoisotopic (exact) mass is 1120 g/mol. The second-order valence-corrected chi connectivity index (χ2v) is 24.6. The van der Waals surface area contributed by atoms with Gasteiger partial charge in [-0.05, 0) is 137 Å². The van der Waals surface area contributed by atoms with Crippen molar-refractivity contribution >= 4 is 47.3 Å². The minimum absolute atomic E-state index is 0.0279. The maximum absolute atomic E-state index is 14.6. The van der Waals surface area contributed by atoms with Crippen LogP contribution in [0.5, 0.6) is 0 Å². The van der Waals surface area contributed by atoms with Gasteiger partial charge in [-0.1, -0.05) is 90.1 Å². The zero-order valence-electron chi connectivity index (χ0n) is 49.0. The summed E-state index contributed by atoms with van der Waals surface area (Å²) in [7, 11) is 3.32. The number of aromatic nitrogens is 2. The zero-order valence-corrected chi connectivity index (χ0v) is 49.0. The van der Waals surface area contributed by atoms with Gasteiger partial charge in [-0.2, -0.15) is 0 Å². The smallest absolute Gasteiger partial charge is 0.253 e. The highest BCUT2D eigenvalue weighted by Crippen LogP contribution is 2.34. The normalized spacial score (nSPS) is 22.0. The maximum atomic E-state index is 14.6. The van der Waals surface area contributed by atoms with Gasteiger partial charge in [0.25, 0.3) is 11.8 Å². The Bertz CT molecular complexity index is 2810. The number of benzene rings is 2. The van der Waals surface area contributed by atoms with Crippen molar-refractivity contribution in [2.75, 3.05) is 27.2 Å². The van der Waals surface area contributed by atoms with Gasteiger partial charge in [-0.25, -0.2) is 0 Å². The van der Waals surface area contributed by atoms with Crippen LogP contribution in [0.3, 0.4) is 0 Å². The molecule has 2 aliphatic carbocycles. The van der Waals surface area contributed by atoms with Crippen molar-refractivity contribution in [3.05, 3.63) is 119 Å². The van der Waals surface area contributed by atoms with Crippen molar-refractivity contribution in [1.29, 1.82) is 0 Å². The molecule has 0 saturated carbocycles. The molecule has 82 heavy (non-hydrogen) atoms. The van der Waals surface area contributed by atoms with Gasteiger partial charge in [0.1, 0.15) is 24.2 Å². The Morgan fingerprint density at radius 2 is 0.902 bits per heavy atom. The summed E-state index contributed by atoms with van der Waals surface area (Å²) in [6.45, 7) is 14.6. The van der Waals surface area contributed by atoms with Crippen molar-refractivity contribution in [3.63, 3.8) is 0 Å². The molecule has 4 aliphatic rings. The molecule has 2 fully saturated rings. The summed E-state index contributed by atoms with van der Waals surface area (Å²) in [4.78, 5) is 124. The van der Waals surface area contributed by atoms with Crippen LogP contribution in [0.1, 0.15) is 149 Å². The van der Waals surface area contributed by atoms with Gasteiger partial charge < -0.3 is 52.3 Å². The SMILES string of the molecule is CN[C@@H](C)C(=O)NC(C(=O)N1C[C@@H](NC(=O)c2ccc(-c3ccc(C(=O)N[C@H]4C[C@@H](C(=O)N[C@@H]5CCCc6ccccc65)N(C(=O)[C@@H](NC(=O)[C@H](C)NC)C(C)(C)C)C4)cn3)nc2)CC1C(=O)N[C@@H]1CCCc2ccccc21)C(C)(C)C. The number of amides is 8. The van der Waals surface area contributed by atoms with Crippen LogP contribution in [0.25, 0.3) is 11.4 Å². The quantitative estimate of drug-likeness (QED) is 0.0740. The van der Waals surface area contributed by atoms with Gasteiger partial charge in [0, 0.05) is 37.6 Å². The summed E-state index contributed by atoms with van der Waals surface area (Å²) in [5.41, 5.74) is 4.30. The van der Waals surface area contributed by atoms with E-state index in [1.54, 1.807) is 52.2 Å². The number of carbonyl (C=O) groups is 8. The van der Waals surface area contributed by atoms with Crippen LogP contribution in [-0.2, 0) is 41.6 Å². The lowest BCUT2D eigenvalue weighted by molar-refractivity contribution is -0.144. The van der Waals surface area contributed by atoms with E-state index in [-0.39, 0.29) is 72.8 Å². The first-order valence-corrected chi connectivity index (χ1v) is 28.8. The number of likely N-dealkylation sites (tertiary alicyclic amines) is 2. The number of nitrogens with zero attached hydrogens (tertiary/aromatic N) is 4. The molecular formula is C62H82N12O8. The Kier molecular flexibility index (Phi) is 19.0. The highest BCUT2D eigenvalue weighted by Gasteiger charge is 2.48. The van der Waals surface area contributed by atoms with Crippen LogP contribution < -0.4 is 42.5 Å². The van der Waals surface area contributed by atoms with Gasteiger partial charge in [0.05, 0.1) is 46.7 Å².